The summed E-state index contributed by atoms with van der Waals surface area (Å²) in [7, 11) is 0. The van der Waals surface area contributed by atoms with Crippen molar-refractivity contribution in [2.45, 2.75) is 13.0 Å². The zero-order chi connectivity index (χ0) is 19.2. The second-order valence-electron chi connectivity index (χ2n) is 6.20. The number of hydrogen-bond donors (Lipinski definition) is 2. The summed E-state index contributed by atoms with van der Waals surface area (Å²) in [6.07, 6.45) is 0.490. The molecule has 0 bridgehead atoms. The van der Waals surface area contributed by atoms with Gasteiger partial charge in [-0.3, -0.25) is 0 Å². The van der Waals surface area contributed by atoms with Crippen LogP contribution in [-0.4, -0.2) is 29.2 Å². The van der Waals surface area contributed by atoms with Crippen LogP contribution in [0.4, 0.5) is 10.5 Å². The lowest BCUT2D eigenvalue weighted by Crippen LogP contribution is -2.35. The first-order valence-corrected chi connectivity index (χ1v) is 9.42. The number of rotatable bonds is 6. The number of carbonyl (C=O) groups is 1. The highest BCUT2D eigenvalue weighted by molar-refractivity contribution is 6.42. The molecule has 3 aromatic carbocycles. The fraction of sp³-hybridized carbons (Fsp3) is 0.190. The summed E-state index contributed by atoms with van der Waals surface area (Å²) < 4.78 is 0. The third-order valence-electron chi connectivity index (χ3n) is 4.26. The number of hydrogen-bond acceptors (Lipinski definition) is 2. The van der Waals surface area contributed by atoms with Gasteiger partial charge in [0.1, 0.15) is 0 Å². The molecule has 0 atom stereocenters. The molecule has 140 valence electrons. The van der Waals surface area contributed by atoms with Crippen LogP contribution in [0.2, 0.25) is 10.0 Å². The molecule has 0 saturated heterocycles. The predicted octanol–water partition coefficient (Wildman–Crippen LogP) is 5.56. The van der Waals surface area contributed by atoms with E-state index in [4.69, 9.17) is 23.2 Å². The van der Waals surface area contributed by atoms with Gasteiger partial charge in [0.15, 0.2) is 0 Å². The minimum Gasteiger partial charge on any atom is -0.396 e. The van der Waals surface area contributed by atoms with Gasteiger partial charge in [-0.05, 0) is 35.6 Å². The molecular formula is C21H20Cl2N2O2. The van der Waals surface area contributed by atoms with Crippen molar-refractivity contribution in [1.29, 1.82) is 0 Å². The summed E-state index contributed by atoms with van der Waals surface area (Å²) in [5, 5.41) is 15.1. The second kappa shape index (κ2) is 9.09. The Hall–Kier alpha value is -2.27. The van der Waals surface area contributed by atoms with Gasteiger partial charge in [-0.2, -0.15) is 0 Å². The largest absolute Gasteiger partial charge is 0.396 e. The van der Waals surface area contributed by atoms with Gasteiger partial charge < -0.3 is 15.3 Å². The maximum atomic E-state index is 12.9. The molecule has 0 aliphatic rings. The third-order valence-corrected chi connectivity index (χ3v) is 5.00. The quantitative estimate of drug-likeness (QED) is 0.566. The first-order valence-electron chi connectivity index (χ1n) is 8.67. The van der Waals surface area contributed by atoms with E-state index >= 15 is 0 Å². The molecule has 3 rings (SSSR count). The van der Waals surface area contributed by atoms with Gasteiger partial charge >= 0.3 is 6.03 Å². The molecule has 0 radical (unpaired) electrons. The van der Waals surface area contributed by atoms with Gasteiger partial charge in [0.2, 0.25) is 0 Å². The lowest BCUT2D eigenvalue weighted by molar-refractivity contribution is 0.199. The Kier molecular flexibility index (Phi) is 6.56. The number of aliphatic hydroxyl groups is 1. The number of amides is 2. The molecule has 27 heavy (non-hydrogen) atoms. The van der Waals surface area contributed by atoms with Crippen molar-refractivity contribution in [3.63, 3.8) is 0 Å². The standard InChI is InChI=1S/C21H20Cl2N2O2/c22-18-10-9-15(13-19(18)23)14-25(11-4-12-26)21(27)24-20-8-3-6-16-5-1-2-7-17(16)20/h1-3,5-10,13,26H,4,11-12,14H2,(H,24,27). The Morgan fingerprint density at radius 3 is 2.56 bits per heavy atom. The molecule has 4 nitrogen and oxygen atoms in total. The average Bonchev–Trinajstić information content (AvgIpc) is 2.68. The SMILES string of the molecule is O=C(Nc1cccc2ccccc12)N(CCCO)Cc1ccc(Cl)c(Cl)c1. The Morgan fingerprint density at radius 1 is 1.00 bits per heavy atom. The highest BCUT2D eigenvalue weighted by Crippen LogP contribution is 2.25. The minimum absolute atomic E-state index is 0.0133. The summed E-state index contributed by atoms with van der Waals surface area (Å²) in [6, 6.07) is 18.8. The molecule has 0 aliphatic carbocycles. The molecule has 3 aromatic rings. The number of urea groups is 1. The van der Waals surface area contributed by atoms with Crippen LogP contribution < -0.4 is 5.32 Å². The van der Waals surface area contributed by atoms with Gasteiger partial charge in [0.25, 0.3) is 0 Å². The van der Waals surface area contributed by atoms with E-state index in [0.717, 1.165) is 22.0 Å². The van der Waals surface area contributed by atoms with Crippen molar-refractivity contribution >= 4 is 45.7 Å². The van der Waals surface area contributed by atoms with Crippen LogP contribution in [0.15, 0.2) is 60.7 Å². The molecule has 0 fully saturated rings. The van der Waals surface area contributed by atoms with Gasteiger partial charge in [-0.25, -0.2) is 4.79 Å². The van der Waals surface area contributed by atoms with Crippen molar-refractivity contribution in [2.75, 3.05) is 18.5 Å². The molecule has 0 aromatic heterocycles. The van der Waals surface area contributed by atoms with Crippen LogP contribution in [0, 0.1) is 0 Å². The number of nitrogens with zero attached hydrogens (tertiary/aromatic N) is 1. The van der Waals surface area contributed by atoms with Crippen LogP contribution in [0.25, 0.3) is 10.8 Å². The molecule has 0 spiro atoms. The highest BCUT2D eigenvalue weighted by Gasteiger charge is 2.15. The van der Waals surface area contributed by atoms with E-state index in [1.54, 1.807) is 17.0 Å². The van der Waals surface area contributed by atoms with Crippen molar-refractivity contribution in [1.82, 2.24) is 4.90 Å². The van der Waals surface area contributed by atoms with E-state index in [9.17, 15) is 9.90 Å². The van der Waals surface area contributed by atoms with Gasteiger partial charge in [-0.15, -0.1) is 0 Å². The van der Waals surface area contributed by atoms with E-state index in [0.29, 0.717) is 29.6 Å². The summed E-state index contributed by atoms with van der Waals surface area (Å²) in [5.74, 6) is 0. The van der Waals surface area contributed by atoms with E-state index < -0.39 is 0 Å². The number of benzene rings is 3. The maximum Gasteiger partial charge on any atom is 0.322 e. The Balaban J connectivity index is 1.81. The van der Waals surface area contributed by atoms with Crippen molar-refractivity contribution in [2.24, 2.45) is 0 Å². The summed E-state index contributed by atoms with van der Waals surface area (Å²) in [6.45, 7) is 0.806. The van der Waals surface area contributed by atoms with Crippen LogP contribution in [0.1, 0.15) is 12.0 Å². The fourth-order valence-electron chi connectivity index (χ4n) is 2.90. The maximum absolute atomic E-state index is 12.9. The number of aliphatic hydroxyl groups excluding tert-OH is 1. The number of anilines is 1. The van der Waals surface area contributed by atoms with Crippen molar-refractivity contribution < 1.29 is 9.90 Å². The van der Waals surface area contributed by atoms with E-state index in [2.05, 4.69) is 5.32 Å². The molecule has 2 N–H and O–H groups in total. The molecule has 2 amide bonds. The van der Waals surface area contributed by atoms with Crippen LogP contribution in [-0.2, 0) is 6.54 Å². The molecule has 0 heterocycles. The van der Waals surface area contributed by atoms with Crippen LogP contribution in [0.5, 0.6) is 0 Å². The van der Waals surface area contributed by atoms with E-state index in [1.165, 1.54) is 0 Å². The smallest absolute Gasteiger partial charge is 0.322 e. The average molecular weight is 403 g/mol. The fourth-order valence-corrected chi connectivity index (χ4v) is 3.22. The zero-order valence-corrected chi connectivity index (χ0v) is 16.2. The van der Waals surface area contributed by atoms with Gasteiger partial charge in [0.05, 0.1) is 15.7 Å². The Morgan fingerprint density at radius 2 is 1.78 bits per heavy atom. The molecule has 6 heteroatoms. The summed E-state index contributed by atoms with van der Waals surface area (Å²) >= 11 is 12.1. The lowest BCUT2D eigenvalue weighted by Gasteiger charge is -2.23. The normalized spacial score (nSPS) is 10.8. The predicted molar refractivity (Wildman–Crippen MR) is 112 cm³/mol. The first-order chi connectivity index (χ1) is 13.1. The van der Waals surface area contributed by atoms with Gasteiger partial charge in [0, 0.05) is 25.1 Å². The third kappa shape index (κ3) is 4.92. The number of fused-ring (bicyclic) bond motifs is 1. The van der Waals surface area contributed by atoms with Gasteiger partial charge in [-0.1, -0.05) is 65.7 Å². The van der Waals surface area contributed by atoms with Crippen LogP contribution in [0.3, 0.4) is 0 Å². The summed E-state index contributed by atoms with van der Waals surface area (Å²) in [5.41, 5.74) is 1.62. The number of halogens is 2. The number of nitrogens with one attached hydrogen (secondary N) is 1. The first kappa shape index (κ1) is 19.5. The Labute approximate surface area is 168 Å². The molecule has 0 unspecified atom stereocenters. The Bertz CT molecular complexity index is 941. The van der Waals surface area contributed by atoms with Crippen molar-refractivity contribution in [3.05, 3.63) is 76.3 Å². The van der Waals surface area contributed by atoms with E-state index in [-0.39, 0.29) is 12.6 Å². The minimum atomic E-state index is -0.231. The van der Waals surface area contributed by atoms with Crippen LogP contribution >= 0.6 is 23.2 Å². The molecule has 0 saturated carbocycles. The second-order valence-corrected chi connectivity index (χ2v) is 7.02. The zero-order valence-electron chi connectivity index (χ0n) is 14.7. The molecular weight excluding hydrogens is 383 g/mol. The molecule has 0 aliphatic heterocycles. The monoisotopic (exact) mass is 402 g/mol. The van der Waals surface area contributed by atoms with Crippen molar-refractivity contribution in [3.8, 4) is 0 Å². The number of carbonyl (C=O) groups excluding carboxylic acids is 1. The topological polar surface area (TPSA) is 52.6 Å². The highest BCUT2D eigenvalue weighted by atomic mass is 35.5. The summed E-state index contributed by atoms with van der Waals surface area (Å²) in [4.78, 5) is 14.5. The lowest BCUT2D eigenvalue weighted by atomic mass is 10.1. The van der Waals surface area contributed by atoms with E-state index in [1.807, 2.05) is 48.5 Å².